The Hall–Kier alpha value is -3.75. The van der Waals surface area contributed by atoms with Crippen molar-refractivity contribution in [3.05, 3.63) is 71.8 Å². The van der Waals surface area contributed by atoms with Crippen LogP contribution in [0.1, 0.15) is 28.5 Å². The van der Waals surface area contributed by atoms with Gasteiger partial charge in [-0.25, -0.2) is 4.98 Å². The summed E-state index contributed by atoms with van der Waals surface area (Å²) < 4.78 is 38.2. The van der Waals surface area contributed by atoms with Gasteiger partial charge in [-0.05, 0) is 43.3 Å². The van der Waals surface area contributed by atoms with E-state index in [1.54, 1.807) is 43.6 Å². The molecule has 0 spiro atoms. The molecule has 3 aromatic heterocycles. The van der Waals surface area contributed by atoms with Crippen molar-refractivity contribution in [1.29, 1.82) is 0 Å². The number of nitrogens with zero attached hydrogens (tertiary/aromatic N) is 4. The van der Waals surface area contributed by atoms with Crippen LogP contribution < -0.4 is 5.73 Å². The van der Waals surface area contributed by atoms with Crippen molar-refractivity contribution in [2.45, 2.75) is 19.6 Å². The number of amides is 1. The Labute approximate surface area is 175 Å². The summed E-state index contributed by atoms with van der Waals surface area (Å²) in [6, 6.07) is 9.12. The van der Waals surface area contributed by atoms with E-state index in [1.165, 1.54) is 11.0 Å². The zero-order valence-corrected chi connectivity index (χ0v) is 16.5. The highest BCUT2D eigenvalue weighted by molar-refractivity contribution is 6.11. The number of carbonyl (C=O) groups is 1. The molecule has 0 unspecified atom stereocenters. The maximum atomic E-state index is 13.1. The number of pyridine rings is 3. The van der Waals surface area contributed by atoms with E-state index in [0.29, 0.717) is 29.1 Å². The number of aromatic nitrogens is 3. The molecular weight excluding hydrogens is 407 g/mol. The van der Waals surface area contributed by atoms with Crippen LogP contribution in [0.4, 0.5) is 19.0 Å². The predicted molar refractivity (Wildman–Crippen MR) is 111 cm³/mol. The van der Waals surface area contributed by atoms with Crippen LogP contribution in [0, 0.1) is 0 Å². The number of benzene rings is 1. The number of hydrogen-bond donors (Lipinski definition) is 1. The SMILES string of the molecule is CCN(Cc1ccc(C(F)(F)F)cn1)C(=O)c1ccc2nc(N)c3ccncc3c2c1. The number of fused-ring (bicyclic) bond motifs is 3. The van der Waals surface area contributed by atoms with E-state index in [9.17, 15) is 18.0 Å². The van der Waals surface area contributed by atoms with Crippen molar-refractivity contribution < 1.29 is 18.0 Å². The number of anilines is 1. The van der Waals surface area contributed by atoms with E-state index in [1.807, 2.05) is 0 Å². The fourth-order valence-electron chi connectivity index (χ4n) is 3.40. The molecule has 0 atom stereocenters. The van der Waals surface area contributed by atoms with Gasteiger partial charge in [0.25, 0.3) is 5.91 Å². The van der Waals surface area contributed by atoms with Gasteiger partial charge in [-0.3, -0.25) is 14.8 Å². The van der Waals surface area contributed by atoms with Crippen molar-refractivity contribution in [2.75, 3.05) is 12.3 Å². The quantitative estimate of drug-likeness (QED) is 0.489. The highest BCUT2D eigenvalue weighted by Gasteiger charge is 2.30. The van der Waals surface area contributed by atoms with Gasteiger partial charge in [0, 0.05) is 46.9 Å². The molecule has 0 fully saturated rings. The van der Waals surface area contributed by atoms with E-state index < -0.39 is 11.7 Å². The molecule has 158 valence electrons. The van der Waals surface area contributed by atoms with Gasteiger partial charge in [-0.15, -0.1) is 0 Å². The van der Waals surface area contributed by atoms with E-state index in [-0.39, 0.29) is 12.5 Å². The Morgan fingerprint density at radius 1 is 1.06 bits per heavy atom. The van der Waals surface area contributed by atoms with E-state index in [0.717, 1.165) is 28.4 Å². The molecule has 4 aromatic rings. The summed E-state index contributed by atoms with van der Waals surface area (Å²) in [4.78, 5) is 27.0. The molecule has 9 heteroatoms. The molecule has 4 rings (SSSR count). The Balaban J connectivity index is 1.65. The molecular formula is C22H18F3N5O. The predicted octanol–water partition coefficient (Wildman–Crippen LogP) is 4.44. The number of nitrogen functional groups attached to an aromatic ring is 1. The zero-order valence-electron chi connectivity index (χ0n) is 16.5. The molecule has 0 bridgehead atoms. The minimum atomic E-state index is -4.45. The van der Waals surface area contributed by atoms with Crippen molar-refractivity contribution in [3.63, 3.8) is 0 Å². The van der Waals surface area contributed by atoms with Crippen molar-refractivity contribution in [3.8, 4) is 0 Å². The molecule has 0 aliphatic carbocycles. The second kappa shape index (κ2) is 7.82. The lowest BCUT2D eigenvalue weighted by molar-refractivity contribution is -0.137. The van der Waals surface area contributed by atoms with Crippen LogP contribution in [0.25, 0.3) is 21.7 Å². The summed E-state index contributed by atoms with van der Waals surface area (Å²) in [5.74, 6) is 0.118. The van der Waals surface area contributed by atoms with Crippen LogP contribution in [0.5, 0.6) is 0 Å². The minimum Gasteiger partial charge on any atom is -0.383 e. The number of nitrogens with two attached hydrogens (primary N) is 1. The minimum absolute atomic E-state index is 0.0911. The number of rotatable bonds is 4. The first-order valence-electron chi connectivity index (χ1n) is 9.52. The number of alkyl halides is 3. The van der Waals surface area contributed by atoms with Gasteiger partial charge in [0.05, 0.1) is 23.3 Å². The van der Waals surface area contributed by atoms with E-state index in [2.05, 4.69) is 15.0 Å². The van der Waals surface area contributed by atoms with Gasteiger partial charge in [-0.2, -0.15) is 13.2 Å². The number of carbonyl (C=O) groups excluding carboxylic acids is 1. The molecule has 0 aliphatic rings. The van der Waals surface area contributed by atoms with Gasteiger partial charge >= 0.3 is 6.18 Å². The molecule has 2 N–H and O–H groups in total. The summed E-state index contributed by atoms with van der Waals surface area (Å²) in [6.45, 7) is 2.25. The highest BCUT2D eigenvalue weighted by atomic mass is 19.4. The third-order valence-electron chi connectivity index (χ3n) is 5.05. The lowest BCUT2D eigenvalue weighted by Gasteiger charge is -2.21. The lowest BCUT2D eigenvalue weighted by Crippen LogP contribution is -2.30. The van der Waals surface area contributed by atoms with Crippen molar-refractivity contribution >= 4 is 33.4 Å². The molecule has 0 saturated heterocycles. The maximum Gasteiger partial charge on any atom is 0.417 e. The van der Waals surface area contributed by atoms with Crippen molar-refractivity contribution in [1.82, 2.24) is 19.9 Å². The van der Waals surface area contributed by atoms with Crippen LogP contribution in [-0.2, 0) is 12.7 Å². The standard InChI is InChI=1S/C22H18F3N5O/c1-2-30(12-15-5-4-14(10-28-15)22(23,24)25)21(31)13-3-6-19-17(9-13)18-11-27-8-7-16(18)20(26)29-19/h3-11H,2,12H2,1H3,(H2,26,29). The number of halogens is 3. The molecule has 0 radical (unpaired) electrons. The monoisotopic (exact) mass is 425 g/mol. The average molecular weight is 425 g/mol. The first-order chi connectivity index (χ1) is 14.8. The molecule has 0 saturated carbocycles. The Bertz CT molecular complexity index is 1270. The topological polar surface area (TPSA) is 85.0 Å². The van der Waals surface area contributed by atoms with Crippen LogP contribution in [0.2, 0.25) is 0 Å². The summed E-state index contributed by atoms with van der Waals surface area (Å²) in [5, 5.41) is 2.27. The van der Waals surface area contributed by atoms with Crippen LogP contribution >= 0.6 is 0 Å². The van der Waals surface area contributed by atoms with Crippen LogP contribution in [0.3, 0.4) is 0 Å². The van der Waals surface area contributed by atoms with Gasteiger partial charge in [0.1, 0.15) is 5.82 Å². The molecule has 6 nitrogen and oxygen atoms in total. The third kappa shape index (κ3) is 3.98. The lowest BCUT2D eigenvalue weighted by atomic mass is 10.0. The first kappa shape index (κ1) is 20.5. The molecule has 31 heavy (non-hydrogen) atoms. The average Bonchev–Trinajstić information content (AvgIpc) is 2.77. The Morgan fingerprint density at radius 3 is 2.55 bits per heavy atom. The van der Waals surface area contributed by atoms with Crippen molar-refractivity contribution in [2.24, 2.45) is 0 Å². The van der Waals surface area contributed by atoms with Gasteiger partial charge in [-0.1, -0.05) is 0 Å². The summed E-state index contributed by atoms with van der Waals surface area (Å²) in [6.07, 6.45) is -0.379. The summed E-state index contributed by atoms with van der Waals surface area (Å²) in [5.41, 5.74) is 6.63. The van der Waals surface area contributed by atoms with Crippen LogP contribution in [0.15, 0.2) is 55.0 Å². The van der Waals surface area contributed by atoms with Gasteiger partial charge in [0.15, 0.2) is 0 Å². The molecule has 1 aromatic carbocycles. The fraction of sp³-hybridized carbons (Fsp3) is 0.182. The van der Waals surface area contributed by atoms with E-state index in [4.69, 9.17) is 5.73 Å². The van der Waals surface area contributed by atoms with E-state index >= 15 is 0 Å². The molecule has 0 aliphatic heterocycles. The first-order valence-corrected chi connectivity index (χ1v) is 9.52. The second-order valence-electron chi connectivity index (χ2n) is 7.01. The largest absolute Gasteiger partial charge is 0.417 e. The highest BCUT2D eigenvalue weighted by Crippen LogP contribution is 2.29. The number of hydrogen-bond acceptors (Lipinski definition) is 5. The maximum absolute atomic E-state index is 13.1. The van der Waals surface area contributed by atoms with Crippen LogP contribution in [-0.4, -0.2) is 32.3 Å². The van der Waals surface area contributed by atoms with Gasteiger partial charge in [0.2, 0.25) is 0 Å². The second-order valence-corrected chi connectivity index (χ2v) is 7.01. The summed E-state index contributed by atoms with van der Waals surface area (Å²) >= 11 is 0. The molecule has 3 heterocycles. The van der Waals surface area contributed by atoms with Gasteiger partial charge < -0.3 is 10.6 Å². The Morgan fingerprint density at radius 2 is 1.87 bits per heavy atom. The third-order valence-corrected chi connectivity index (χ3v) is 5.05. The molecule has 1 amide bonds. The smallest absolute Gasteiger partial charge is 0.383 e. The summed E-state index contributed by atoms with van der Waals surface area (Å²) in [7, 11) is 0. The fourth-order valence-corrected chi connectivity index (χ4v) is 3.40. The Kier molecular flexibility index (Phi) is 5.18. The zero-order chi connectivity index (χ0) is 22.2. The normalized spacial score (nSPS) is 11.7.